The minimum Gasteiger partial charge on any atom is -0.340 e. The Bertz CT molecular complexity index is 576. The SMILES string of the molecule is Cc1ccc(CC(=O)N2CCC[C@@H](n3cccn3)C2)s1. The van der Waals surface area contributed by atoms with E-state index in [1.165, 1.54) is 4.88 Å². The van der Waals surface area contributed by atoms with Crippen LogP contribution in [-0.4, -0.2) is 33.7 Å². The number of amides is 1. The zero-order valence-electron chi connectivity index (χ0n) is 11.7. The van der Waals surface area contributed by atoms with E-state index >= 15 is 0 Å². The number of likely N-dealkylation sites (tertiary alicyclic amines) is 1. The average molecular weight is 289 g/mol. The van der Waals surface area contributed by atoms with E-state index in [-0.39, 0.29) is 5.91 Å². The lowest BCUT2D eigenvalue weighted by atomic mass is 10.1. The first-order valence-electron chi connectivity index (χ1n) is 7.04. The normalized spacial score (nSPS) is 19.2. The molecule has 4 nitrogen and oxygen atoms in total. The van der Waals surface area contributed by atoms with Crippen LogP contribution in [0.4, 0.5) is 0 Å². The lowest BCUT2D eigenvalue weighted by Crippen LogP contribution is -2.41. The molecule has 1 saturated heterocycles. The van der Waals surface area contributed by atoms with Gasteiger partial charge in [0, 0.05) is 35.2 Å². The second kappa shape index (κ2) is 5.79. The molecule has 1 amide bonds. The van der Waals surface area contributed by atoms with Gasteiger partial charge >= 0.3 is 0 Å². The molecule has 0 spiro atoms. The molecular weight excluding hydrogens is 270 g/mol. The highest BCUT2D eigenvalue weighted by Crippen LogP contribution is 2.22. The number of carbonyl (C=O) groups is 1. The fourth-order valence-electron chi connectivity index (χ4n) is 2.73. The summed E-state index contributed by atoms with van der Waals surface area (Å²) in [7, 11) is 0. The van der Waals surface area contributed by atoms with E-state index in [0.717, 1.165) is 30.8 Å². The molecule has 1 aliphatic heterocycles. The summed E-state index contributed by atoms with van der Waals surface area (Å²) in [6.45, 7) is 3.74. The van der Waals surface area contributed by atoms with E-state index < -0.39 is 0 Å². The van der Waals surface area contributed by atoms with Crippen molar-refractivity contribution in [2.45, 2.75) is 32.2 Å². The summed E-state index contributed by atoms with van der Waals surface area (Å²) in [5.41, 5.74) is 0. The molecule has 0 aliphatic carbocycles. The van der Waals surface area contributed by atoms with E-state index in [0.29, 0.717) is 12.5 Å². The molecule has 0 radical (unpaired) electrons. The van der Waals surface area contributed by atoms with E-state index in [1.54, 1.807) is 17.5 Å². The molecule has 0 saturated carbocycles. The third-order valence-corrected chi connectivity index (χ3v) is 4.77. The van der Waals surface area contributed by atoms with Gasteiger partial charge < -0.3 is 4.90 Å². The van der Waals surface area contributed by atoms with Crippen LogP contribution < -0.4 is 0 Å². The van der Waals surface area contributed by atoms with Crippen molar-refractivity contribution in [1.82, 2.24) is 14.7 Å². The van der Waals surface area contributed by atoms with Crippen LogP contribution in [0.25, 0.3) is 0 Å². The number of nitrogens with zero attached hydrogens (tertiary/aromatic N) is 3. The summed E-state index contributed by atoms with van der Waals surface area (Å²) in [6, 6.07) is 6.41. The molecule has 2 aromatic heterocycles. The molecule has 1 aliphatic rings. The molecule has 0 bridgehead atoms. The predicted octanol–water partition coefficient (Wildman–Crippen LogP) is 2.66. The van der Waals surface area contributed by atoms with Gasteiger partial charge in [0.05, 0.1) is 12.5 Å². The molecule has 1 atom stereocenters. The lowest BCUT2D eigenvalue weighted by molar-refractivity contribution is -0.132. The molecule has 0 unspecified atom stereocenters. The molecule has 3 rings (SSSR count). The third-order valence-electron chi connectivity index (χ3n) is 3.77. The maximum atomic E-state index is 12.4. The number of piperidine rings is 1. The zero-order valence-corrected chi connectivity index (χ0v) is 12.5. The van der Waals surface area contributed by atoms with Crippen molar-refractivity contribution in [1.29, 1.82) is 0 Å². The van der Waals surface area contributed by atoms with Crippen molar-refractivity contribution in [3.05, 3.63) is 40.3 Å². The van der Waals surface area contributed by atoms with Gasteiger partial charge in [-0.25, -0.2) is 0 Å². The van der Waals surface area contributed by atoms with Crippen molar-refractivity contribution in [3.8, 4) is 0 Å². The van der Waals surface area contributed by atoms with Gasteiger partial charge in [-0.05, 0) is 38.0 Å². The van der Waals surface area contributed by atoms with Crippen molar-refractivity contribution >= 4 is 17.2 Å². The lowest BCUT2D eigenvalue weighted by Gasteiger charge is -2.32. The van der Waals surface area contributed by atoms with Crippen molar-refractivity contribution < 1.29 is 4.79 Å². The molecule has 2 aromatic rings. The number of thiophene rings is 1. The fraction of sp³-hybridized carbons (Fsp3) is 0.467. The van der Waals surface area contributed by atoms with Gasteiger partial charge in [0.1, 0.15) is 0 Å². The van der Waals surface area contributed by atoms with Crippen molar-refractivity contribution in [3.63, 3.8) is 0 Å². The zero-order chi connectivity index (χ0) is 13.9. The maximum absolute atomic E-state index is 12.4. The van der Waals surface area contributed by atoms with Crippen LogP contribution in [0.15, 0.2) is 30.6 Å². The standard InChI is InChI=1S/C15H19N3OS/c1-12-5-6-14(20-12)10-15(19)17-8-2-4-13(11-17)18-9-3-7-16-18/h3,5-7,9,13H,2,4,8,10-11H2,1H3/t13-/m1/s1. The number of hydrogen-bond donors (Lipinski definition) is 0. The highest BCUT2D eigenvalue weighted by molar-refractivity contribution is 7.12. The van der Waals surface area contributed by atoms with Crippen LogP contribution >= 0.6 is 11.3 Å². The smallest absolute Gasteiger partial charge is 0.227 e. The van der Waals surface area contributed by atoms with E-state index in [1.807, 2.05) is 21.8 Å². The highest BCUT2D eigenvalue weighted by atomic mass is 32.1. The summed E-state index contributed by atoms with van der Waals surface area (Å²) in [5, 5.41) is 4.30. The summed E-state index contributed by atoms with van der Waals surface area (Å²) in [5.74, 6) is 0.240. The maximum Gasteiger partial charge on any atom is 0.227 e. The van der Waals surface area contributed by atoms with Crippen LogP contribution in [-0.2, 0) is 11.2 Å². The van der Waals surface area contributed by atoms with Crippen LogP contribution in [0.3, 0.4) is 0 Å². The average Bonchev–Trinajstić information content (AvgIpc) is 3.11. The number of rotatable bonds is 3. The second-order valence-corrected chi connectivity index (χ2v) is 6.68. The summed E-state index contributed by atoms with van der Waals surface area (Å²) >= 11 is 1.71. The Morgan fingerprint density at radius 1 is 1.50 bits per heavy atom. The van der Waals surface area contributed by atoms with Gasteiger partial charge in [-0.1, -0.05) is 0 Å². The summed E-state index contributed by atoms with van der Waals surface area (Å²) in [4.78, 5) is 16.8. The van der Waals surface area contributed by atoms with Gasteiger partial charge in [-0.15, -0.1) is 11.3 Å². The second-order valence-electron chi connectivity index (χ2n) is 5.31. The molecule has 1 fully saturated rings. The Balaban J connectivity index is 1.63. The van der Waals surface area contributed by atoms with Gasteiger partial charge in [0.25, 0.3) is 0 Å². The fourth-order valence-corrected chi connectivity index (χ4v) is 3.62. The molecule has 0 N–H and O–H groups in total. The minimum atomic E-state index is 0.240. The van der Waals surface area contributed by atoms with E-state index in [9.17, 15) is 4.79 Å². The topological polar surface area (TPSA) is 38.1 Å². The number of aromatic nitrogens is 2. The van der Waals surface area contributed by atoms with Crippen molar-refractivity contribution in [2.75, 3.05) is 13.1 Å². The van der Waals surface area contributed by atoms with Crippen LogP contribution in [0.2, 0.25) is 0 Å². The Hall–Kier alpha value is -1.62. The molecule has 0 aromatic carbocycles. The first-order chi connectivity index (χ1) is 9.72. The Morgan fingerprint density at radius 3 is 3.10 bits per heavy atom. The van der Waals surface area contributed by atoms with Crippen LogP contribution in [0.5, 0.6) is 0 Å². The number of carbonyl (C=O) groups excluding carboxylic acids is 1. The number of aryl methyl sites for hydroxylation is 1. The third kappa shape index (κ3) is 2.93. The molecule has 20 heavy (non-hydrogen) atoms. The van der Waals surface area contributed by atoms with E-state index in [4.69, 9.17) is 0 Å². The Labute approximate surface area is 123 Å². The minimum absolute atomic E-state index is 0.240. The first-order valence-corrected chi connectivity index (χ1v) is 7.86. The van der Waals surface area contributed by atoms with Crippen LogP contribution in [0.1, 0.15) is 28.6 Å². The Morgan fingerprint density at radius 2 is 2.40 bits per heavy atom. The van der Waals surface area contributed by atoms with Crippen molar-refractivity contribution in [2.24, 2.45) is 0 Å². The number of hydrogen-bond acceptors (Lipinski definition) is 3. The van der Waals surface area contributed by atoms with Gasteiger partial charge in [0.2, 0.25) is 5.91 Å². The molecule has 3 heterocycles. The summed E-state index contributed by atoms with van der Waals surface area (Å²) < 4.78 is 1.98. The molecule has 5 heteroatoms. The molecule has 106 valence electrons. The first kappa shape index (κ1) is 13.4. The van der Waals surface area contributed by atoms with Crippen LogP contribution in [0, 0.1) is 6.92 Å². The predicted molar refractivity (Wildman–Crippen MR) is 79.8 cm³/mol. The quantitative estimate of drug-likeness (QED) is 0.871. The van der Waals surface area contributed by atoms with E-state index in [2.05, 4.69) is 24.2 Å². The van der Waals surface area contributed by atoms with Gasteiger partial charge in [-0.2, -0.15) is 5.10 Å². The molecular formula is C15H19N3OS. The monoisotopic (exact) mass is 289 g/mol. The Kier molecular flexibility index (Phi) is 3.87. The van der Waals surface area contributed by atoms with Gasteiger partial charge in [-0.3, -0.25) is 9.48 Å². The summed E-state index contributed by atoms with van der Waals surface area (Å²) in [6.07, 6.45) is 6.48. The largest absolute Gasteiger partial charge is 0.340 e. The highest BCUT2D eigenvalue weighted by Gasteiger charge is 2.25. The van der Waals surface area contributed by atoms with Gasteiger partial charge in [0.15, 0.2) is 0 Å².